The van der Waals surface area contributed by atoms with Gasteiger partial charge in [-0.2, -0.15) is 13.2 Å². The number of non-ortho nitro benzene ring substituents is 1. The number of rotatable bonds is 8. The molecule has 6 aromatic rings. The molecule has 72 heavy (non-hydrogen) atoms. The van der Waals surface area contributed by atoms with E-state index in [9.17, 15) is 23.3 Å². The van der Waals surface area contributed by atoms with Gasteiger partial charge in [-0.05, 0) is 167 Å². The van der Waals surface area contributed by atoms with Crippen LogP contribution < -0.4 is 4.74 Å². The molecule has 0 radical (unpaired) electrons. The van der Waals surface area contributed by atoms with E-state index in [1.165, 1.54) is 57.1 Å². The predicted octanol–water partition coefficient (Wildman–Crippen LogP) is 20.9. The van der Waals surface area contributed by atoms with Gasteiger partial charge in [0, 0.05) is 21.1 Å². The second-order valence-electron chi connectivity index (χ2n) is 20.7. The molecular weight excluding hydrogens is 1040 g/mol. The van der Waals surface area contributed by atoms with Crippen LogP contribution in [0.5, 0.6) is 11.5 Å². The number of nitro groups is 1. The van der Waals surface area contributed by atoms with E-state index < -0.39 is 11.7 Å². The zero-order valence-corrected chi connectivity index (χ0v) is 49.3. The Balaban J connectivity index is 0.000000433. The second-order valence-corrected chi connectivity index (χ2v) is 22.4. The minimum Gasteiger partial charge on any atom is -0.508 e. The third-order valence-electron chi connectivity index (χ3n) is 11.6. The van der Waals surface area contributed by atoms with E-state index in [1.54, 1.807) is 51.3 Å². The Morgan fingerprint density at radius 3 is 1.35 bits per heavy atom. The lowest BCUT2D eigenvalue weighted by Gasteiger charge is -2.19. The number of nitro benzene ring substituents is 1. The maximum Gasteiger partial charge on any atom is 0.416 e. The molecule has 5 nitrogen and oxygen atoms in total. The van der Waals surface area contributed by atoms with Crippen molar-refractivity contribution in [3.8, 4) is 11.5 Å². The summed E-state index contributed by atoms with van der Waals surface area (Å²) in [5.41, 5.74) is 10.5. The number of benzene rings is 6. The van der Waals surface area contributed by atoms with Gasteiger partial charge in [-0.3, -0.25) is 10.1 Å². The monoisotopic (exact) mass is 1120 g/mol. The number of aromatic hydroxyl groups is 1. The Morgan fingerprint density at radius 1 is 0.528 bits per heavy atom. The van der Waals surface area contributed by atoms with Crippen LogP contribution in [0, 0.1) is 24.0 Å². The highest BCUT2D eigenvalue weighted by Gasteiger charge is 2.33. The Kier molecular flexibility index (Phi) is 28.0. The third-order valence-corrected chi connectivity index (χ3v) is 13.5. The quantitative estimate of drug-likeness (QED) is 0.122. The Hall–Kier alpha value is -4.93. The van der Waals surface area contributed by atoms with Crippen LogP contribution in [0.15, 0.2) is 136 Å². The fourth-order valence-electron chi connectivity index (χ4n) is 7.02. The number of nitrogens with zero attached hydrogens (tertiary/aromatic N) is 1. The van der Waals surface area contributed by atoms with Crippen LogP contribution in [0.3, 0.4) is 0 Å². The van der Waals surface area contributed by atoms with E-state index >= 15 is 0 Å². The lowest BCUT2D eigenvalue weighted by molar-refractivity contribution is -0.384. The van der Waals surface area contributed by atoms with Crippen LogP contribution in [-0.4, -0.2) is 17.1 Å². The van der Waals surface area contributed by atoms with Crippen molar-refractivity contribution in [2.75, 3.05) is 7.11 Å². The van der Waals surface area contributed by atoms with Crippen molar-refractivity contribution >= 4 is 37.5 Å². The molecule has 0 bridgehead atoms. The Bertz CT molecular complexity index is 2520. The number of phenolic OH excluding ortho intramolecular Hbond substituents is 1. The number of halogens is 5. The average Bonchev–Trinajstić information content (AvgIpc) is 3.30. The Morgan fingerprint density at radius 2 is 0.972 bits per heavy atom. The van der Waals surface area contributed by atoms with Gasteiger partial charge in [-0.15, -0.1) is 0 Å². The van der Waals surface area contributed by atoms with Gasteiger partial charge in [0.1, 0.15) is 11.5 Å². The van der Waals surface area contributed by atoms with E-state index in [4.69, 9.17) is 9.84 Å². The number of phenols is 1. The van der Waals surface area contributed by atoms with Gasteiger partial charge in [-0.1, -0.05) is 189 Å². The number of hydrogen-bond donors (Lipinski definition) is 1. The minimum atomic E-state index is -4.24. The van der Waals surface area contributed by atoms with Gasteiger partial charge in [0.25, 0.3) is 5.69 Å². The van der Waals surface area contributed by atoms with Gasteiger partial charge in [-0.25, -0.2) is 0 Å². The summed E-state index contributed by atoms with van der Waals surface area (Å²) in [5, 5.41) is 19.4. The highest BCUT2D eigenvalue weighted by atomic mass is 79.9. The van der Waals surface area contributed by atoms with Crippen molar-refractivity contribution in [3.05, 3.63) is 202 Å². The largest absolute Gasteiger partial charge is 0.508 e. The fourth-order valence-corrected chi connectivity index (χ4v) is 7.66. The number of alkyl halides is 3. The SMILES string of the molecule is CC(C)c1ccc(Br)c(Br)c1.CC(C)c1ccc(C(C)(C)C)cc1.CC(C)c1cccc(O)c1.CC(C)c1cccc([N+](=O)[O-])c1.CC(C)c1ccccc1C(F)(F)F.COc1c(C)cc(C(C)C)cc1C. The molecule has 0 fully saturated rings. The number of methoxy groups -OCH3 is 1. The molecule has 6 rings (SSSR count). The van der Waals surface area contributed by atoms with E-state index in [-0.39, 0.29) is 21.9 Å². The zero-order chi connectivity index (χ0) is 55.3. The molecule has 0 aliphatic rings. The lowest BCUT2D eigenvalue weighted by Crippen LogP contribution is -2.10. The molecule has 0 spiro atoms. The van der Waals surface area contributed by atoms with E-state index in [0.29, 0.717) is 40.9 Å². The zero-order valence-electron chi connectivity index (χ0n) is 46.1. The van der Waals surface area contributed by atoms with Gasteiger partial charge < -0.3 is 9.84 Å². The van der Waals surface area contributed by atoms with Gasteiger partial charge in [0.05, 0.1) is 17.6 Å². The smallest absolute Gasteiger partial charge is 0.416 e. The summed E-state index contributed by atoms with van der Waals surface area (Å²) >= 11 is 6.90. The van der Waals surface area contributed by atoms with E-state index in [1.807, 2.05) is 32.0 Å². The predicted molar refractivity (Wildman–Crippen MR) is 307 cm³/mol. The Labute approximate surface area is 448 Å². The summed E-state index contributed by atoms with van der Waals surface area (Å²) in [4.78, 5) is 10.0. The van der Waals surface area contributed by atoms with Crippen LogP contribution in [0.1, 0.15) is 195 Å². The summed E-state index contributed by atoms with van der Waals surface area (Å²) in [6.45, 7) is 35.9. The molecule has 0 aliphatic heterocycles. The molecule has 394 valence electrons. The van der Waals surface area contributed by atoms with Gasteiger partial charge in [0.2, 0.25) is 0 Å². The first-order valence-corrected chi connectivity index (χ1v) is 26.3. The summed E-state index contributed by atoms with van der Waals surface area (Å²) in [5.74, 6) is 3.92. The van der Waals surface area contributed by atoms with Gasteiger partial charge in [0.15, 0.2) is 0 Å². The lowest BCUT2D eigenvalue weighted by atomic mass is 9.86. The summed E-state index contributed by atoms with van der Waals surface area (Å²) in [6.07, 6.45) is -4.24. The minimum absolute atomic E-state index is 0.0992. The van der Waals surface area contributed by atoms with E-state index in [2.05, 4.69) is 176 Å². The molecule has 0 atom stereocenters. The first kappa shape index (κ1) is 65.1. The van der Waals surface area contributed by atoms with Crippen molar-refractivity contribution in [1.82, 2.24) is 0 Å². The first-order valence-electron chi connectivity index (χ1n) is 24.7. The van der Waals surface area contributed by atoms with Crippen molar-refractivity contribution in [2.24, 2.45) is 0 Å². The second kappa shape index (κ2) is 31.0. The highest BCUT2D eigenvalue weighted by Crippen LogP contribution is 2.35. The number of aryl methyl sites for hydroxylation is 2. The van der Waals surface area contributed by atoms with Crippen molar-refractivity contribution < 1.29 is 27.9 Å². The maximum atomic E-state index is 12.4. The van der Waals surface area contributed by atoms with E-state index in [0.717, 1.165) is 26.3 Å². The topological polar surface area (TPSA) is 72.6 Å². The molecule has 0 heterocycles. The van der Waals surface area contributed by atoms with Crippen LogP contribution >= 0.6 is 31.9 Å². The summed E-state index contributed by atoms with van der Waals surface area (Å²) in [7, 11) is 1.73. The van der Waals surface area contributed by atoms with Crippen LogP contribution in [0.25, 0.3) is 0 Å². The van der Waals surface area contributed by atoms with Crippen LogP contribution in [0.4, 0.5) is 18.9 Å². The summed E-state index contributed by atoms with van der Waals surface area (Å²) in [6, 6.07) is 39.5. The standard InChI is InChI=1S/C13H20.C12H18O.C10H11F3.C9H10Br2.C9H11NO2.C9H12O/c1-10(2)11-6-8-12(9-7-11)13(3,4)5;1-8(2)11-6-9(3)12(13-5)10(4)7-11;1-7(2)8-5-3-4-6-9(8)10(11,12)13;1-6(2)7-3-4-8(10)9(11)5-7;1-7(2)8-4-3-5-9(6-8)10(11)12;1-7(2)8-4-3-5-9(10)6-8/h6-10H,1-5H3;6-8H,1-5H3;3-7H,1-2H3;3-6H,1-2H3;3-7H,1-2H3;3-7,10H,1-2H3. The highest BCUT2D eigenvalue weighted by molar-refractivity contribution is 9.13. The molecule has 0 saturated carbocycles. The summed E-state index contributed by atoms with van der Waals surface area (Å²) < 4.78 is 44.8. The number of hydrogen-bond acceptors (Lipinski definition) is 4. The molecule has 10 heteroatoms. The molecule has 6 aromatic carbocycles. The molecule has 1 N–H and O–H groups in total. The third kappa shape index (κ3) is 23.3. The molecule has 0 saturated heterocycles. The van der Waals surface area contributed by atoms with Crippen molar-refractivity contribution in [2.45, 2.75) is 165 Å². The van der Waals surface area contributed by atoms with Crippen molar-refractivity contribution in [1.29, 1.82) is 0 Å². The average molecular weight is 1120 g/mol. The number of ether oxygens (including phenoxy) is 1. The first-order chi connectivity index (χ1) is 33.3. The van der Waals surface area contributed by atoms with Gasteiger partial charge >= 0.3 is 6.18 Å². The molecular formula is C62H82Br2F3NO4. The molecule has 0 aromatic heterocycles. The fraction of sp³-hybridized carbons (Fsp3) is 0.419. The molecule has 0 unspecified atom stereocenters. The normalized spacial score (nSPS) is 11.1. The molecule has 0 amide bonds. The van der Waals surface area contributed by atoms with Crippen molar-refractivity contribution in [3.63, 3.8) is 0 Å². The molecule has 0 aliphatic carbocycles. The van der Waals surface area contributed by atoms with Crippen LogP contribution in [-0.2, 0) is 11.6 Å². The van der Waals surface area contributed by atoms with Crippen LogP contribution in [0.2, 0.25) is 0 Å². The maximum absolute atomic E-state index is 12.4.